The average molecular weight is 437 g/mol. The molecule has 1 aromatic heterocycles. The Hall–Kier alpha value is -1.76. The number of fused-ring (bicyclic) bond motifs is 1. The fraction of sp³-hybridized carbons (Fsp3) is 0.706. The number of hydrogen-bond acceptors (Lipinski definition) is 7. The second kappa shape index (κ2) is 8.94. The highest BCUT2D eigenvalue weighted by atomic mass is 32.1. The largest absolute Gasteiger partial charge is 0.490 e. The first kappa shape index (κ1) is 21.9. The first-order valence-electron chi connectivity index (χ1n) is 9.20. The van der Waals surface area contributed by atoms with Gasteiger partial charge in [-0.15, -0.1) is 11.3 Å². The molecule has 0 spiro atoms. The molecule has 0 bridgehead atoms. The molecule has 29 heavy (non-hydrogen) atoms. The third kappa shape index (κ3) is 5.05. The fourth-order valence-electron chi connectivity index (χ4n) is 3.85. The SMILES string of the molecule is O=C(N1CCCO1)[C@@]12CCO[C@@H]1CCN(Cc1nccs1)C2.O=C(O)C(F)(F)F. The quantitative estimate of drug-likeness (QED) is 0.773. The first-order valence-corrected chi connectivity index (χ1v) is 10.1. The Morgan fingerprint density at radius 2 is 2.10 bits per heavy atom. The summed E-state index contributed by atoms with van der Waals surface area (Å²) in [4.78, 5) is 34.2. The number of carbonyl (C=O) groups excluding carboxylic acids is 1. The highest BCUT2D eigenvalue weighted by Crippen LogP contribution is 2.43. The molecule has 0 unspecified atom stereocenters. The zero-order valence-electron chi connectivity index (χ0n) is 15.6. The van der Waals surface area contributed by atoms with Crippen LogP contribution in [0.5, 0.6) is 0 Å². The molecule has 1 aromatic rings. The number of aliphatic carboxylic acids is 1. The van der Waals surface area contributed by atoms with E-state index in [1.807, 2.05) is 11.6 Å². The lowest BCUT2D eigenvalue weighted by Crippen LogP contribution is -2.57. The van der Waals surface area contributed by atoms with Crippen molar-refractivity contribution in [3.63, 3.8) is 0 Å². The third-order valence-corrected chi connectivity index (χ3v) is 5.95. The van der Waals surface area contributed by atoms with E-state index in [4.69, 9.17) is 19.5 Å². The van der Waals surface area contributed by atoms with Crippen LogP contribution in [0.25, 0.3) is 0 Å². The Bertz CT molecular complexity index is 712. The topological polar surface area (TPSA) is 92.2 Å². The number of ether oxygens (including phenoxy) is 1. The van der Waals surface area contributed by atoms with Crippen LogP contribution in [0.4, 0.5) is 13.2 Å². The predicted octanol–water partition coefficient (Wildman–Crippen LogP) is 1.92. The van der Waals surface area contributed by atoms with Crippen LogP contribution >= 0.6 is 11.3 Å². The molecule has 4 rings (SSSR count). The highest BCUT2D eigenvalue weighted by Gasteiger charge is 2.55. The van der Waals surface area contributed by atoms with Gasteiger partial charge < -0.3 is 9.84 Å². The van der Waals surface area contributed by atoms with E-state index in [1.165, 1.54) is 0 Å². The monoisotopic (exact) mass is 437 g/mol. The minimum Gasteiger partial charge on any atom is -0.475 e. The van der Waals surface area contributed by atoms with Crippen molar-refractivity contribution < 1.29 is 37.4 Å². The smallest absolute Gasteiger partial charge is 0.475 e. The maximum absolute atomic E-state index is 13.0. The van der Waals surface area contributed by atoms with E-state index in [9.17, 15) is 18.0 Å². The van der Waals surface area contributed by atoms with Crippen LogP contribution < -0.4 is 0 Å². The van der Waals surface area contributed by atoms with Crippen molar-refractivity contribution in [2.24, 2.45) is 5.41 Å². The molecule has 3 aliphatic heterocycles. The number of aromatic nitrogens is 1. The van der Waals surface area contributed by atoms with Gasteiger partial charge in [0.05, 0.1) is 31.2 Å². The molecule has 0 saturated carbocycles. The number of thiazole rings is 1. The lowest BCUT2D eigenvalue weighted by molar-refractivity contribution is -0.192. The molecular formula is C17H22F3N3O5S. The number of piperidine rings is 1. The minimum atomic E-state index is -5.08. The fourth-order valence-corrected chi connectivity index (χ4v) is 4.51. The van der Waals surface area contributed by atoms with E-state index in [1.54, 1.807) is 16.4 Å². The summed E-state index contributed by atoms with van der Waals surface area (Å²) in [7, 11) is 0. The molecule has 8 nitrogen and oxygen atoms in total. The first-order chi connectivity index (χ1) is 13.7. The number of hydroxylamine groups is 2. The van der Waals surface area contributed by atoms with E-state index < -0.39 is 17.6 Å². The van der Waals surface area contributed by atoms with Gasteiger partial charge in [0.15, 0.2) is 0 Å². The Balaban J connectivity index is 0.000000298. The van der Waals surface area contributed by atoms with Crippen LogP contribution in [0.1, 0.15) is 24.3 Å². The Kier molecular flexibility index (Phi) is 6.76. The molecule has 3 aliphatic rings. The van der Waals surface area contributed by atoms with Crippen molar-refractivity contribution in [1.29, 1.82) is 0 Å². The summed E-state index contributed by atoms with van der Waals surface area (Å²) >= 11 is 1.67. The molecule has 4 heterocycles. The van der Waals surface area contributed by atoms with E-state index >= 15 is 0 Å². The van der Waals surface area contributed by atoms with Gasteiger partial charge in [0.25, 0.3) is 5.91 Å². The summed E-state index contributed by atoms with van der Waals surface area (Å²) in [6, 6.07) is 0. The van der Waals surface area contributed by atoms with Gasteiger partial charge in [-0.3, -0.25) is 14.5 Å². The highest BCUT2D eigenvalue weighted by molar-refractivity contribution is 7.09. The van der Waals surface area contributed by atoms with Crippen LogP contribution in [-0.2, 0) is 25.7 Å². The molecule has 3 fully saturated rings. The number of amides is 1. The van der Waals surface area contributed by atoms with E-state index in [2.05, 4.69) is 9.88 Å². The maximum Gasteiger partial charge on any atom is 0.490 e. The molecule has 1 N–H and O–H groups in total. The van der Waals surface area contributed by atoms with Gasteiger partial charge in [0, 0.05) is 31.3 Å². The molecule has 12 heteroatoms. The van der Waals surface area contributed by atoms with Crippen LogP contribution in [0, 0.1) is 5.41 Å². The van der Waals surface area contributed by atoms with Crippen molar-refractivity contribution in [3.8, 4) is 0 Å². The second-order valence-corrected chi connectivity index (χ2v) is 8.07. The zero-order chi connectivity index (χ0) is 21.1. The van der Waals surface area contributed by atoms with Gasteiger partial charge in [-0.25, -0.2) is 14.8 Å². The number of halogens is 3. The van der Waals surface area contributed by atoms with E-state index in [0.717, 1.165) is 43.9 Å². The molecule has 0 radical (unpaired) electrons. The van der Waals surface area contributed by atoms with Gasteiger partial charge >= 0.3 is 12.1 Å². The number of hydrogen-bond donors (Lipinski definition) is 1. The Morgan fingerprint density at radius 3 is 2.69 bits per heavy atom. The standard InChI is InChI=1S/C15H21N3O3S.C2HF3O2/c19-14(18-5-1-7-21-18)15-3-8-20-12(15)2-6-17(11-15)10-13-16-4-9-22-13;3-2(4,5)1(6)7/h4,9,12H,1-3,5-8,10-11H2;(H,6,7)/t12-,15-;/m1./s1. The number of nitrogens with zero attached hydrogens (tertiary/aromatic N) is 3. The normalized spacial score (nSPS) is 27.3. The third-order valence-electron chi connectivity index (χ3n) is 5.19. The van der Waals surface area contributed by atoms with Crippen LogP contribution in [0.3, 0.4) is 0 Å². The van der Waals surface area contributed by atoms with Gasteiger partial charge in [-0.05, 0) is 19.3 Å². The van der Waals surface area contributed by atoms with Crippen molar-refractivity contribution in [1.82, 2.24) is 14.9 Å². The summed E-state index contributed by atoms with van der Waals surface area (Å²) in [5.74, 6) is -2.64. The van der Waals surface area contributed by atoms with Crippen molar-refractivity contribution in [2.75, 3.05) is 32.8 Å². The van der Waals surface area contributed by atoms with Crippen molar-refractivity contribution >= 4 is 23.2 Å². The van der Waals surface area contributed by atoms with Crippen molar-refractivity contribution in [2.45, 2.75) is 38.1 Å². The van der Waals surface area contributed by atoms with Crippen LogP contribution in [-0.4, -0.2) is 77.1 Å². The minimum absolute atomic E-state index is 0.0387. The lowest BCUT2D eigenvalue weighted by Gasteiger charge is -2.43. The van der Waals surface area contributed by atoms with Crippen molar-refractivity contribution in [3.05, 3.63) is 16.6 Å². The summed E-state index contributed by atoms with van der Waals surface area (Å²) in [5, 5.41) is 11.8. The molecule has 3 saturated heterocycles. The van der Waals surface area contributed by atoms with Crippen LogP contribution in [0.2, 0.25) is 0 Å². The number of carboxylic acid groups (broad SMARTS) is 1. The van der Waals surface area contributed by atoms with Gasteiger partial charge in [-0.2, -0.15) is 13.2 Å². The summed E-state index contributed by atoms with van der Waals surface area (Å²) in [5.41, 5.74) is -0.431. The summed E-state index contributed by atoms with van der Waals surface area (Å²) in [6.45, 7) is 4.56. The Labute approximate surface area is 169 Å². The lowest BCUT2D eigenvalue weighted by atomic mass is 9.75. The molecular weight excluding hydrogens is 415 g/mol. The van der Waals surface area contributed by atoms with Gasteiger partial charge in [0.1, 0.15) is 5.01 Å². The summed E-state index contributed by atoms with van der Waals surface area (Å²) < 4.78 is 37.6. The Morgan fingerprint density at radius 1 is 1.34 bits per heavy atom. The van der Waals surface area contributed by atoms with E-state index in [-0.39, 0.29) is 12.0 Å². The number of likely N-dealkylation sites (tertiary alicyclic amines) is 1. The molecule has 2 atom stereocenters. The zero-order valence-corrected chi connectivity index (χ0v) is 16.4. The second-order valence-electron chi connectivity index (χ2n) is 7.09. The average Bonchev–Trinajstić information content (AvgIpc) is 3.42. The maximum atomic E-state index is 13.0. The summed E-state index contributed by atoms with van der Waals surface area (Å²) in [6.07, 6.45) is -0.576. The molecule has 0 aromatic carbocycles. The van der Waals surface area contributed by atoms with Gasteiger partial charge in [0.2, 0.25) is 0 Å². The molecule has 0 aliphatic carbocycles. The molecule has 162 valence electrons. The molecule has 1 amide bonds. The number of carbonyl (C=O) groups is 2. The number of rotatable bonds is 3. The number of alkyl halides is 3. The number of carboxylic acids is 1. The predicted molar refractivity (Wildman–Crippen MR) is 94.8 cm³/mol. The van der Waals surface area contributed by atoms with Gasteiger partial charge in [-0.1, -0.05) is 0 Å². The van der Waals surface area contributed by atoms with E-state index in [0.29, 0.717) is 19.8 Å². The van der Waals surface area contributed by atoms with Crippen LogP contribution in [0.15, 0.2) is 11.6 Å².